The molecule has 0 aliphatic carbocycles. The van der Waals surface area contributed by atoms with Gasteiger partial charge in [0.05, 0.1) is 4.92 Å². The van der Waals surface area contributed by atoms with Crippen molar-refractivity contribution in [3.05, 3.63) is 21.9 Å². The molecule has 0 aliphatic heterocycles. The minimum absolute atomic E-state index is 0.0324. The second-order valence-electron chi connectivity index (χ2n) is 3.68. The lowest BCUT2D eigenvalue weighted by Gasteiger charge is -2.05. The molecule has 0 unspecified atom stereocenters. The third-order valence-corrected chi connectivity index (χ3v) is 3.00. The fraction of sp³-hybridized carbons (Fsp3) is 0.111. The number of nitrogen functional groups attached to an aromatic ring is 3. The Kier molecular flexibility index (Phi) is 3.52. The van der Waals surface area contributed by atoms with E-state index in [1.807, 2.05) is 0 Å². The molecular weight excluding hydrogens is 284 g/mol. The fourth-order valence-corrected chi connectivity index (χ4v) is 2.37. The van der Waals surface area contributed by atoms with Gasteiger partial charge in [-0.1, -0.05) is 0 Å². The molecule has 0 atom stereocenters. The van der Waals surface area contributed by atoms with Gasteiger partial charge < -0.3 is 17.2 Å². The van der Waals surface area contributed by atoms with Gasteiger partial charge in [-0.15, -0.1) is 0 Å². The first-order valence-electron chi connectivity index (χ1n) is 5.23. The average molecular weight is 294 g/mol. The normalized spacial score (nSPS) is 10.4. The molecule has 0 spiro atoms. The molecule has 2 aromatic heterocycles. The number of rotatable bonds is 3. The molecule has 2 aromatic rings. The molecule has 0 aromatic carbocycles. The molecule has 0 saturated carbocycles. The van der Waals surface area contributed by atoms with E-state index in [1.165, 1.54) is 13.0 Å². The van der Waals surface area contributed by atoms with Gasteiger partial charge >= 0.3 is 5.69 Å². The Balaban J connectivity index is 2.49. The van der Waals surface area contributed by atoms with Gasteiger partial charge in [0.1, 0.15) is 17.3 Å². The van der Waals surface area contributed by atoms with E-state index in [2.05, 4.69) is 19.9 Å². The molecule has 6 N–H and O–H groups in total. The summed E-state index contributed by atoms with van der Waals surface area (Å²) >= 11 is 0.844. The summed E-state index contributed by atoms with van der Waals surface area (Å²) in [7, 11) is 0. The number of aromatic nitrogens is 4. The first-order valence-corrected chi connectivity index (χ1v) is 6.05. The largest absolute Gasteiger partial charge is 0.383 e. The summed E-state index contributed by atoms with van der Waals surface area (Å²) in [6.45, 7) is 1.47. The molecule has 0 saturated heterocycles. The van der Waals surface area contributed by atoms with Crippen molar-refractivity contribution in [1.29, 1.82) is 0 Å². The zero-order valence-corrected chi connectivity index (χ0v) is 11.1. The highest BCUT2D eigenvalue weighted by Crippen LogP contribution is 2.33. The SMILES string of the molecule is Cc1nc(N)nc(Sc2nc(N)cc(N)n2)c1[N+](=O)[O-]. The van der Waals surface area contributed by atoms with Crippen molar-refractivity contribution in [2.45, 2.75) is 17.1 Å². The van der Waals surface area contributed by atoms with E-state index < -0.39 is 4.92 Å². The van der Waals surface area contributed by atoms with E-state index in [9.17, 15) is 10.1 Å². The zero-order chi connectivity index (χ0) is 14.9. The van der Waals surface area contributed by atoms with Crippen LogP contribution in [-0.4, -0.2) is 24.9 Å². The Bertz CT molecular complexity index is 672. The fourth-order valence-electron chi connectivity index (χ4n) is 1.44. The third kappa shape index (κ3) is 2.83. The lowest BCUT2D eigenvalue weighted by atomic mass is 10.4. The molecule has 0 bridgehead atoms. The quantitative estimate of drug-likeness (QED) is 0.310. The van der Waals surface area contributed by atoms with Crippen LogP contribution in [0.1, 0.15) is 5.69 Å². The summed E-state index contributed by atoms with van der Waals surface area (Å²) in [4.78, 5) is 25.9. The van der Waals surface area contributed by atoms with Gasteiger partial charge in [0.2, 0.25) is 5.95 Å². The summed E-state index contributed by atoms with van der Waals surface area (Å²) in [6, 6.07) is 1.37. The van der Waals surface area contributed by atoms with Crippen molar-refractivity contribution < 1.29 is 4.92 Å². The highest BCUT2D eigenvalue weighted by atomic mass is 32.2. The smallest absolute Gasteiger partial charge is 0.322 e. The first-order chi connectivity index (χ1) is 9.36. The van der Waals surface area contributed by atoms with Crippen LogP contribution in [0.15, 0.2) is 16.2 Å². The number of nitro groups is 1. The Morgan fingerprint density at radius 3 is 2.30 bits per heavy atom. The van der Waals surface area contributed by atoms with Crippen molar-refractivity contribution in [3.8, 4) is 0 Å². The predicted molar refractivity (Wildman–Crippen MR) is 72.8 cm³/mol. The maximum Gasteiger partial charge on any atom is 0.322 e. The van der Waals surface area contributed by atoms with Crippen LogP contribution in [0.3, 0.4) is 0 Å². The molecule has 0 fully saturated rings. The second-order valence-corrected chi connectivity index (χ2v) is 4.64. The number of hydrogen-bond acceptors (Lipinski definition) is 10. The van der Waals surface area contributed by atoms with Crippen molar-refractivity contribution in [2.24, 2.45) is 0 Å². The first kappa shape index (κ1) is 13.7. The summed E-state index contributed by atoms with van der Waals surface area (Å²) < 4.78 is 0. The molecule has 0 amide bonds. The Hall–Kier alpha value is -2.69. The number of aryl methyl sites for hydroxylation is 1. The minimum Gasteiger partial charge on any atom is -0.383 e. The van der Waals surface area contributed by atoms with E-state index in [0.29, 0.717) is 0 Å². The Morgan fingerprint density at radius 1 is 1.15 bits per heavy atom. The molecule has 2 heterocycles. The molecule has 2 rings (SSSR count). The summed E-state index contributed by atoms with van der Waals surface area (Å²) in [5.74, 6) is 0.232. The van der Waals surface area contributed by atoms with E-state index in [-0.39, 0.29) is 39.1 Å². The molecule has 20 heavy (non-hydrogen) atoms. The van der Waals surface area contributed by atoms with Crippen molar-refractivity contribution >= 4 is 35.0 Å². The van der Waals surface area contributed by atoms with Crippen LogP contribution in [0.2, 0.25) is 0 Å². The number of nitrogens with two attached hydrogens (primary N) is 3. The summed E-state index contributed by atoms with van der Waals surface area (Å²) in [5.41, 5.74) is 16.5. The van der Waals surface area contributed by atoms with E-state index in [0.717, 1.165) is 11.8 Å². The van der Waals surface area contributed by atoms with Gasteiger partial charge in [0.15, 0.2) is 10.2 Å². The van der Waals surface area contributed by atoms with Crippen LogP contribution >= 0.6 is 11.8 Å². The molecule has 11 heteroatoms. The second kappa shape index (κ2) is 5.13. The van der Waals surface area contributed by atoms with Gasteiger partial charge in [-0.05, 0) is 18.7 Å². The molecule has 0 aliphatic rings. The molecule has 0 radical (unpaired) electrons. The van der Waals surface area contributed by atoms with Crippen LogP contribution < -0.4 is 17.2 Å². The van der Waals surface area contributed by atoms with Gasteiger partial charge in [-0.3, -0.25) is 10.1 Å². The van der Waals surface area contributed by atoms with Crippen LogP contribution in [-0.2, 0) is 0 Å². The predicted octanol–water partition coefficient (Wildman–Crippen LogP) is 0.381. The van der Waals surface area contributed by atoms with Crippen molar-refractivity contribution in [3.63, 3.8) is 0 Å². The Labute approximate surface area is 117 Å². The number of hydrogen-bond donors (Lipinski definition) is 3. The lowest BCUT2D eigenvalue weighted by molar-refractivity contribution is -0.389. The van der Waals surface area contributed by atoms with Gasteiger partial charge in [-0.2, -0.15) is 4.98 Å². The molecule has 10 nitrogen and oxygen atoms in total. The zero-order valence-electron chi connectivity index (χ0n) is 10.3. The van der Waals surface area contributed by atoms with Crippen LogP contribution in [0.4, 0.5) is 23.3 Å². The van der Waals surface area contributed by atoms with E-state index >= 15 is 0 Å². The summed E-state index contributed by atoms with van der Waals surface area (Å²) in [6.07, 6.45) is 0. The van der Waals surface area contributed by atoms with E-state index in [1.54, 1.807) is 0 Å². The highest BCUT2D eigenvalue weighted by Gasteiger charge is 2.23. The average Bonchev–Trinajstić information content (AvgIpc) is 2.25. The standard InChI is InChI=1S/C9H10N8O2S/c1-3-6(17(18)19)7(16-8(12)13-3)20-9-14-4(10)2-5(11)15-9/h2H,1H3,(H2,12,13,16)(H4,10,11,14,15). The van der Waals surface area contributed by atoms with Crippen LogP contribution in [0.25, 0.3) is 0 Å². The topological polar surface area (TPSA) is 173 Å². The molecular formula is C9H10N8O2S. The lowest BCUT2D eigenvalue weighted by Crippen LogP contribution is -2.05. The van der Waals surface area contributed by atoms with Crippen LogP contribution in [0.5, 0.6) is 0 Å². The van der Waals surface area contributed by atoms with Gasteiger partial charge in [0.25, 0.3) is 0 Å². The highest BCUT2D eigenvalue weighted by molar-refractivity contribution is 7.99. The van der Waals surface area contributed by atoms with Crippen molar-refractivity contribution in [2.75, 3.05) is 17.2 Å². The maximum absolute atomic E-state index is 11.1. The number of nitrogens with zero attached hydrogens (tertiary/aromatic N) is 5. The monoisotopic (exact) mass is 294 g/mol. The number of anilines is 3. The maximum atomic E-state index is 11.1. The van der Waals surface area contributed by atoms with Gasteiger partial charge in [0, 0.05) is 6.07 Å². The van der Waals surface area contributed by atoms with Crippen molar-refractivity contribution in [1.82, 2.24) is 19.9 Å². The minimum atomic E-state index is -0.591. The molecule has 104 valence electrons. The van der Waals surface area contributed by atoms with E-state index in [4.69, 9.17) is 17.2 Å². The van der Waals surface area contributed by atoms with Gasteiger partial charge in [-0.25, -0.2) is 15.0 Å². The third-order valence-electron chi connectivity index (χ3n) is 2.16. The van der Waals surface area contributed by atoms with Crippen LogP contribution in [0, 0.1) is 17.0 Å². The summed E-state index contributed by atoms with van der Waals surface area (Å²) in [5, 5.41) is 11.2. The Morgan fingerprint density at radius 2 is 1.75 bits per heavy atom.